The summed E-state index contributed by atoms with van der Waals surface area (Å²) in [4.78, 5) is 2.13. The summed E-state index contributed by atoms with van der Waals surface area (Å²) in [5, 5.41) is 3.26. The fraction of sp³-hybridized carbons (Fsp3) is 0.625. The second-order valence-corrected chi connectivity index (χ2v) is 5.85. The molecule has 1 rings (SSSR count). The zero-order valence-electron chi connectivity index (χ0n) is 13.4. The van der Waals surface area contributed by atoms with Gasteiger partial charge in [0.1, 0.15) is 0 Å². The van der Waals surface area contributed by atoms with Gasteiger partial charge in [-0.25, -0.2) is 0 Å². The van der Waals surface area contributed by atoms with Crippen LogP contribution in [0.4, 0.5) is 13.2 Å². The highest BCUT2D eigenvalue weighted by atomic mass is 19.4. The van der Waals surface area contributed by atoms with E-state index in [9.17, 15) is 13.2 Å². The Morgan fingerprint density at radius 3 is 2.29 bits per heavy atom. The van der Waals surface area contributed by atoms with Crippen molar-refractivity contribution < 1.29 is 13.2 Å². The average Bonchev–Trinajstić information content (AvgIpc) is 2.43. The quantitative estimate of drug-likeness (QED) is 0.864. The van der Waals surface area contributed by atoms with Gasteiger partial charge in [0.2, 0.25) is 0 Å². The highest BCUT2D eigenvalue weighted by Gasteiger charge is 2.35. The minimum atomic E-state index is -4.29. The Hall–Kier alpha value is -1.07. The van der Waals surface area contributed by atoms with Gasteiger partial charge in [0.25, 0.3) is 0 Å². The van der Waals surface area contributed by atoms with Crippen LogP contribution in [0.25, 0.3) is 0 Å². The minimum absolute atomic E-state index is 0.0704. The van der Waals surface area contributed by atoms with Crippen molar-refractivity contribution in [3.63, 3.8) is 0 Å². The van der Waals surface area contributed by atoms with Crippen molar-refractivity contribution in [1.82, 2.24) is 10.2 Å². The number of rotatable bonds is 6. The highest BCUT2D eigenvalue weighted by Crippen LogP contribution is 2.30. The summed E-state index contributed by atoms with van der Waals surface area (Å²) in [6, 6.07) is 5.66. The summed E-state index contributed by atoms with van der Waals surface area (Å²) in [5.74, 6) is 0. The van der Waals surface area contributed by atoms with Gasteiger partial charge >= 0.3 is 6.18 Å². The fourth-order valence-corrected chi connectivity index (χ4v) is 2.62. The molecule has 0 aliphatic carbocycles. The molecule has 0 spiro atoms. The van der Waals surface area contributed by atoms with E-state index in [4.69, 9.17) is 0 Å². The van der Waals surface area contributed by atoms with Gasteiger partial charge in [-0.05, 0) is 52.5 Å². The monoisotopic (exact) mass is 302 g/mol. The highest BCUT2D eigenvalue weighted by molar-refractivity contribution is 5.27. The minimum Gasteiger partial charge on any atom is -0.315 e. The molecule has 2 unspecified atom stereocenters. The smallest absolute Gasteiger partial charge is 0.315 e. The zero-order chi connectivity index (χ0) is 16.3. The van der Waals surface area contributed by atoms with Crippen LogP contribution in [0.2, 0.25) is 0 Å². The molecule has 0 saturated heterocycles. The topological polar surface area (TPSA) is 15.3 Å². The summed E-state index contributed by atoms with van der Waals surface area (Å²) in [5.41, 5.74) is -0.00758. The van der Waals surface area contributed by atoms with Crippen LogP contribution >= 0.6 is 0 Å². The van der Waals surface area contributed by atoms with Crippen LogP contribution in [0.15, 0.2) is 24.3 Å². The Morgan fingerprint density at radius 1 is 1.24 bits per heavy atom. The Bertz CT molecular complexity index is 457. The molecule has 0 aliphatic heterocycles. The van der Waals surface area contributed by atoms with Gasteiger partial charge in [0, 0.05) is 11.6 Å². The third-order valence-electron chi connectivity index (χ3n) is 4.53. The lowest BCUT2D eigenvalue weighted by Crippen LogP contribution is -2.56. The summed E-state index contributed by atoms with van der Waals surface area (Å²) >= 11 is 0. The molecule has 1 N–H and O–H groups in total. The number of benzene rings is 1. The largest absolute Gasteiger partial charge is 0.416 e. The SMILES string of the molecule is CCC(C)(C(Cc1cccc(C(F)(F)F)c1)NC)N(C)C. The van der Waals surface area contributed by atoms with E-state index in [-0.39, 0.29) is 11.6 Å². The molecule has 0 aromatic heterocycles. The molecule has 0 radical (unpaired) electrons. The first-order valence-corrected chi connectivity index (χ1v) is 7.16. The summed E-state index contributed by atoms with van der Waals surface area (Å²) in [7, 11) is 5.86. The summed E-state index contributed by atoms with van der Waals surface area (Å²) in [6.45, 7) is 4.22. The molecule has 120 valence electrons. The molecule has 0 fully saturated rings. The number of hydrogen-bond acceptors (Lipinski definition) is 2. The number of alkyl halides is 3. The molecule has 2 atom stereocenters. The van der Waals surface area contributed by atoms with E-state index in [0.29, 0.717) is 12.0 Å². The third-order valence-corrected chi connectivity index (χ3v) is 4.53. The molecular weight excluding hydrogens is 277 g/mol. The second-order valence-electron chi connectivity index (χ2n) is 5.85. The van der Waals surface area contributed by atoms with E-state index in [1.807, 2.05) is 21.1 Å². The van der Waals surface area contributed by atoms with Crippen LogP contribution < -0.4 is 5.32 Å². The first kappa shape index (κ1) is 18.0. The third kappa shape index (κ3) is 4.20. The Morgan fingerprint density at radius 2 is 1.86 bits per heavy atom. The van der Waals surface area contributed by atoms with Crippen LogP contribution in [0.3, 0.4) is 0 Å². The maximum atomic E-state index is 12.8. The summed E-state index contributed by atoms with van der Waals surface area (Å²) < 4.78 is 38.4. The van der Waals surface area contributed by atoms with Crippen molar-refractivity contribution in [2.45, 2.75) is 44.4 Å². The maximum Gasteiger partial charge on any atom is 0.416 e. The molecule has 0 aliphatic rings. The molecule has 2 nitrogen and oxygen atoms in total. The first-order valence-electron chi connectivity index (χ1n) is 7.16. The van der Waals surface area contributed by atoms with E-state index >= 15 is 0 Å². The number of nitrogens with one attached hydrogen (secondary N) is 1. The second kappa shape index (κ2) is 6.79. The molecule has 21 heavy (non-hydrogen) atoms. The van der Waals surface area contributed by atoms with Crippen molar-refractivity contribution in [2.24, 2.45) is 0 Å². The van der Waals surface area contributed by atoms with Gasteiger partial charge < -0.3 is 10.2 Å². The van der Waals surface area contributed by atoms with E-state index in [1.54, 1.807) is 6.07 Å². The van der Waals surface area contributed by atoms with Crippen LogP contribution in [0.1, 0.15) is 31.4 Å². The number of hydrogen-bond donors (Lipinski definition) is 1. The number of likely N-dealkylation sites (N-methyl/N-ethyl adjacent to an activating group) is 2. The number of nitrogens with zero attached hydrogens (tertiary/aromatic N) is 1. The Labute approximate surface area is 125 Å². The van der Waals surface area contributed by atoms with Gasteiger partial charge in [-0.1, -0.05) is 25.1 Å². The number of halogens is 3. The van der Waals surface area contributed by atoms with Crippen LogP contribution in [0.5, 0.6) is 0 Å². The van der Waals surface area contributed by atoms with Crippen molar-refractivity contribution in [3.05, 3.63) is 35.4 Å². The van der Waals surface area contributed by atoms with Gasteiger partial charge in [-0.2, -0.15) is 13.2 Å². The summed E-state index contributed by atoms with van der Waals surface area (Å²) in [6.07, 6.45) is -2.83. The molecule has 1 aromatic carbocycles. The predicted octanol–water partition coefficient (Wildman–Crippen LogP) is 3.57. The van der Waals surface area contributed by atoms with Crippen molar-refractivity contribution in [2.75, 3.05) is 21.1 Å². The first-order chi connectivity index (χ1) is 9.65. The van der Waals surface area contributed by atoms with Crippen molar-refractivity contribution in [1.29, 1.82) is 0 Å². The van der Waals surface area contributed by atoms with Gasteiger partial charge in [-0.15, -0.1) is 0 Å². The fourth-order valence-electron chi connectivity index (χ4n) is 2.62. The zero-order valence-corrected chi connectivity index (χ0v) is 13.4. The normalized spacial score (nSPS) is 16.8. The standard InChI is InChI=1S/C16H25F3N2/c1-6-15(2,21(4)5)14(20-3)11-12-8-7-9-13(10-12)16(17,18)19/h7-10,14,20H,6,11H2,1-5H3. The maximum absolute atomic E-state index is 12.8. The lowest BCUT2D eigenvalue weighted by Gasteiger charge is -2.43. The lowest BCUT2D eigenvalue weighted by atomic mass is 9.84. The van der Waals surface area contributed by atoms with E-state index < -0.39 is 11.7 Å². The lowest BCUT2D eigenvalue weighted by molar-refractivity contribution is -0.137. The van der Waals surface area contributed by atoms with Crippen LogP contribution in [0, 0.1) is 0 Å². The molecular formula is C16H25F3N2. The van der Waals surface area contributed by atoms with Crippen molar-refractivity contribution in [3.8, 4) is 0 Å². The van der Waals surface area contributed by atoms with Gasteiger partial charge in [0.15, 0.2) is 0 Å². The van der Waals surface area contributed by atoms with Crippen LogP contribution in [-0.2, 0) is 12.6 Å². The molecule has 5 heteroatoms. The Balaban J connectivity index is 3.02. The predicted molar refractivity (Wildman–Crippen MR) is 80.4 cm³/mol. The Kier molecular flexibility index (Phi) is 5.82. The molecule has 0 amide bonds. The molecule has 0 saturated carbocycles. The average molecular weight is 302 g/mol. The van der Waals surface area contributed by atoms with Gasteiger partial charge in [-0.3, -0.25) is 0 Å². The van der Waals surface area contributed by atoms with Gasteiger partial charge in [0.05, 0.1) is 5.56 Å². The van der Waals surface area contributed by atoms with E-state index in [2.05, 4.69) is 24.1 Å². The molecule has 1 aromatic rings. The van der Waals surface area contributed by atoms with E-state index in [0.717, 1.165) is 12.5 Å². The van der Waals surface area contributed by atoms with Crippen molar-refractivity contribution >= 4 is 0 Å². The molecule has 0 heterocycles. The molecule has 0 bridgehead atoms. The van der Waals surface area contributed by atoms with E-state index in [1.165, 1.54) is 12.1 Å². The van der Waals surface area contributed by atoms with Crippen LogP contribution in [-0.4, -0.2) is 37.6 Å².